The number of nitrogens with zero attached hydrogens (tertiary/aromatic N) is 1. The Balaban J connectivity index is 2.79. The van der Waals surface area contributed by atoms with Crippen molar-refractivity contribution in [1.29, 1.82) is 0 Å². The molecule has 0 fully saturated rings. The molecule has 0 atom stereocenters. The lowest BCUT2D eigenvalue weighted by Gasteiger charge is -2.22. The van der Waals surface area contributed by atoms with Crippen LogP contribution in [0.1, 0.15) is 13.3 Å². The first-order chi connectivity index (χ1) is 8.84. The van der Waals surface area contributed by atoms with E-state index in [1.54, 1.807) is 6.92 Å². The van der Waals surface area contributed by atoms with Gasteiger partial charge in [0.05, 0.1) is 18.5 Å². The van der Waals surface area contributed by atoms with Crippen molar-refractivity contribution in [3.63, 3.8) is 0 Å². The maximum absolute atomic E-state index is 12.8. The number of amides is 1. The minimum Gasteiger partial charge on any atom is -0.354 e. The molecule has 7 heteroatoms. The number of rotatable bonds is 6. The molecular formula is C12H17FN2O3S. The van der Waals surface area contributed by atoms with Crippen molar-refractivity contribution in [2.75, 3.05) is 23.7 Å². The van der Waals surface area contributed by atoms with E-state index in [1.165, 1.54) is 24.3 Å². The molecule has 0 radical (unpaired) electrons. The molecule has 1 N–H and O–H groups in total. The minimum absolute atomic E-state index is 0.107. The van der Waals surface area contributed by atoms with Gasteiger partial charge < -0.3 is 5.32 Å². The predicted octanol–water partition coefficient (Wildman–Crippen LogP) is 1.12. The zero-order valence-corrected chi connectivity index (χ0v) is 11.7. The van der Waals surface area contributed by atoms with Crippen LogP contribution in [0.15, 0.2) is 24.3 Å². The fourth-order valence-corrected chi connectivity index (χ4v) is 2.44. The first-order valence-corrected chi connectivity index (χ1v) is 7.69. The van der Waals surface area contributed by atoms with Crippen LogP contribution in [0.4, 0.5) is 10.1 Å². The first kappa shape index (κ1) is 15.4. The third-order valence-electron chi connectivity index (χ3n) is 2.47. The largest absolute Gasteiger partial charge is 0.354 e. The maximum atomic E-state index is 12.8. The van der Waals surface area contributed by atoms with Crippen LogP contribution in [0, 0.1) is 5.82 Å². The Hall–Kier alpha value is -1.63. The number of carbonyl (C=O) groups excluding carboxylic acids is 1. The Morgan fingerprint density at radius 1 is 1.32 bits per heavy atom. The highest BCUT2D eigenvalue weighted by molar-refractivity contribution is 7.92. The lowest BCUT2D eigenvalue weighted by atomic mass is 10.3. The summed E-state index contributed by atoms with van der Waals surface area (Å²) in [6, 6.07) is 5.16. The summed E-state index contributed by atoms with van der Waals surface area (Å²) in [7, 11) is -3.48. The summed E-state index contributed by atoms with van der Waals surface area (Å²) in [4.78, 5) is 11.1. The fourth-order valence-electron chi connectivity index (χ4n) is 1.52. The number of benzene rings is 1. The molecule has 0 aliphatic rings. The van der Waals surface area contributed by atoms with Crippen LogP contribution in [-0.2, 0) is 14.8 Å². The van der Waals surface area contributed by atoms with Gasteiger partial charge in [0, 0.05) is 13.0 Å². The van der Waals surface area contributed by atoms with Crippen molar-refractivity contribution in [1.82, 2.24) is 5.32 Å². The van der Waals surface area contributed by atoms with Gasteiger partial charge >= 0.3 is 0 Å². The molecular weight excluding hydrogens is 271 g/mol. The maximum Gasteiger partial charge on any atom is 0.232 e. The molecule has 1 aromatic carbocycles. The Kier molecular flexibility index (Phi) is 5.29. The van der Waals surface area contributed by atoms with Crippen LogP contribution in [0.5, 0.6) is 0 Å². The lowest BCUT2D eigenvalue weighted by Crippen LogP contribution is -2.38. The van der Waals surface area contributed by atoms with Gasteiger partial charge in [0.25, 0.3) is 0 Å². The summed E-state index contributed by atoms with van der Waals surface area (Å²) in [6.07, 6.45) is 1.41. The Morgan fingerprint density at radius 3 is 2.37 bits per heavy atom. The molecule has 5 nitrogen and oxygen atoms in total. The summed E-state index contributed by atoms with van der Waals surface area (Å²) in [5, 5.41) is 2.60. The number of nitrogens with one attached hydrogen (secondary N) is 1. The Labute approximate surface area is 112 Å². The summed E-state index contributed by atoms with van der Waals surface area (Å²) < 4.78 is 37.3. The van der Waals surface area contributed by atoms with E-state index in [-0.39, 0.29) is 19.0 Å². The molecule has 19 heavy (non-hydrogen) atoms. The average Bonchev–Trinajstić information content (AvgIpc) is 2.34. The second-order valence-corrected chi connectivity index (χ2v) is 5.92. The van der Waals surface area contributed by atoms with Crippen LogP contribution in [-0.4, -0.2) is 33.7 Å². The molecule has 0 saturated carbocycles. The van der Waals surface area contributed by atoms with Gasteiger partial charge in [-0.15, -0.1) is 0 Å². The van der Waals surface area contributed by atoms with Crippen molar-refractivity contribution in [2.45, 2.75) is 13.3 Å². The minimum atomic E-state index is -3.48. The van der Waals surface area contributed by atoms with Crippen LogP contribution in [0.25, 0.3) is 0 Å². The smallest absolute Gasteiger partial charge is 0.232 e. The fraction of sp³-hybridized carbons (Fsp3) is 0.417. The van der Waals surface area contributed by atoms with Crippen LogP contribution in [0.3, 0.4) is 0 Å². The van der Waals surface area contributed by atoms with Gasteiger partial charge in [0.2, 0.25) is 15.9 Å². The van der Waals surface area contributed by atoms with E-state index in [2.05, 4.69) is 5.32 Å². The zero-order chi connectivity index (χ0) is 14.5. The van der Waals surface area contributed by atoms with Crippen LogP contribution >= 0.6 is 0 Å². The quantitative estimate of drug-likeness (QED) is 0.853. The highest BCUT2D eigenvalue weighted by Crippen LogP contribution is 2.17. The summed E-state index contributed by atoms with van der Waals surface area (Å²) in [5.41, 5.74) is 0.370. The monoisotopic (exact) mass is 288 g/mol. The van der Waals surface area contributed by atoms with Crippen molar-refractivity contribution in [3.05, 3.63) is 30.1 Å². The van der Waals surface area contributed by atoms with Gasteiger partial charge in [-0.1, -0.05) is 6.92 Å². The van der Waals surface area contributed by atoms with Gasteiger partial charge in [-0.2, -0.15) is 0 Å². The van der Waals surface area contributed by atoms with E-state index in [4.69, 9.17) is 0 Å². The third kappa shape index (κ3) is 4.86. The van der Waals surface area contributed by atoms with Crippen LogP contribution in [0.2, 0.25) is 0 Å². The van der Waals surface area contributed by atoms with Gasteiger partial charge in [-0.3, -0.25) is 9.10 Å². The number of halogens is 1. The molecule has 1 rings (SSSR count). The second kappa shape index (κ2) is 6.51. The van der Waals surface area contributed by atoms with E-state index in [1.807, 2.05) is 0 Å². The third-order valence-corrected chi connectivity index (χ3v) is 3.67. The first-order valence-electron chi connectivity index (χ1n) is 5.84. The molecule has 106 valence electrons. The number of sulfonamides is 1. The van der Waals surface area contributed by atoms with Crippen molar-refractivity contribution < 1.29 is 17.6 Å². The topological polar surface area (TPSA) is 66.5 Å². The van der Waals surface area contributed by atoms with E-state index in [9.17, 15) is 17.6 Å². The number of hydrogen-bond acceptors (Lipinski definition) is 3. The van der Waals surface area contributed by atoms with Crippen molar-refractivity contribution >= 4 is 21.6 Å². The molecule has 0 heterocycles. The van der Waals surface area contributed by atoms with Crippen LogP contribution < -0.4 is 9.62 Å². The Morgan fingerprint density at radius 2 is 1.89 bits per heavy atom. The van der Waals surface area contributed by atoms with Gasteiger partial charge in [-0.25, -0.2) is 12.8 Å². The molecule has 0 saturated heterocycles. The van der Waals surface area contributed by atoms with E-state index in [0.29, 0.717) is 12.1 Å². The Bertz CT molecular complexity index is 528. The molecule has 0 aromatic heterocycles. The highest BCUT2D eigenvalue weighted by Gasteiger charge is 2.17. The van der Waals surface area contributed by atoms with Crippen molar-refractivity contribution in [3.8, 4) is 0 Å². The summed E-state index contributed by atoms with van der Waals surface area (Å²) in [5.74, 6) is -0.580. The molecule has 1 amide bonds. The molecule has 0 bridgehead atoms. The van der Waals surface area contributed by atoms with Gasteiger partial charge in [0.15, 0.2) is 0 Å². The molecule has 0 spiro atoms. The average molecular weight is 288 g/mol. The number of anilines is 1. The SMILES string of the molecule is CCC(=O)NCCN(c1ccc(F)cc1)S(C)(=O)=O. The second-order valence-electron chi connectivity index (χ2n) is 4.02. The van der Waals surface area contributed by atoms with E-state index >= 15 is 0 Å². The summed E-state index contributed by atoms with van der Waals surface area (Å²) in [6.45, 7) is 2.02. The summed E-state index contributed by atoms with van der Waals surface area (Å²) >= 11 is 0. The standard InChI is InChI=1S/C12H17FN2O3S/c1-3-12(16)14-8-9-15(19(2,17)18)11-6-4-10(13)5-7-11/h4-7H,3,8-9H2,1-2H3,(H,14,16). The van der Waals surface area contributed by atoms with Crippen molar-refractivity contribution in [2.24, 2.45) is 0 Å². The zero-order valence-electron chi connectivity index (χ0n) is 10.9. The number of hydrogen-bond donors (Lipinski definition) is 1. The normalized spacial score (nSPS) is 11.1. The number of carbonyl (C=O) groups is 1. The van der Waals surface area contributed by atoms with Gasteiger partial charge in [0.1, 0.15) is 5.82 Å². The molecule has 0 unspecified atom stereocenters. The highest BCUT2D eigenvalue weighted by atomic mass is 32.2. The molecule has 0 aliphatic heterocycles. The van der Waals surface area contributed by atoms with E-state index in [0.717, 1.165) is 10.6 Å². The molecule has 0 aliphatic carbocycles. The molecule has 1 aromatic rings. The van der Waals surface area contributed by atoms with Gasteiger partial charge in [-0.05, 0) is 24.3 Å². The van der Waals surface area contributed by atoms with E-state index < -0.39 is 15.8 Å². The predicted molar refractivity (Wildman–Crippen MR) is 71.9 cm³/mol. The lowest BCUT2D eigenvalue weighted by molar-refractivity contribution is -0.120.